The second kappa shape index (κ2) is 7.47. The van der Waals surface area contributed by atoms with E-state index >= 15 is 0 Å². The maximum atomic E-state index is 12.3. The molecule has 2 heterocycles. The molecule has 3 aromatic rings. The summed E-state index contributed by atoms with van der Waals surface area (Å²) in [7, 11) is 1.53. The Balaban J connectivity index is 1.96. The molecule has 0 aliphatic rings. The molecule has 0 amide bonds. The van der Waals surface area contributed by atoms with Crippen molar-refractivity contribution in [2.45, 2.75) is 20.4 Å². The largest absolute Gasteiger partial charge is 0.329 e. The minimum Gasteiger partial charge on any atom is -0.303 e. The summed E-state index contributed by atoms with van der Waals surface area (Å²) in [4.78, 5) is 41.0. The van der Waals surface area contributed by atoms with Crippen molar-refractivity contribution in [2.24, 2.45) is 18.1 Å². The van der Waals surface area contributed by atoms with E-state index in [1.54, 1.807) is 16.7 Å². The van der Waals surface area contributed by atoms with Crippen molar-refractivity contribution < 1.29 is 4.92 Å². The molecule has 0 atom stereocenters. The topological polar surface area (TPSA) is 140 Å². The van der Waals surface area contributed by atoms with Gasteiger partial charge in [-0.25, -0.2) is 10.2 Å². The number of nitrogens with one attached hydrogen (secondary N) is 2. The number of aryl methyl sites for hydroxylation is 1. The molecular weight excluding hydrogens is 366 g/mol. The monoisotopic (exact) mass is 385 g/mol. The zero-order valence-corrected chi connectivity index (χ0v) is 15.5. The van der Waals surface area contributed by atoms with Gasteiger partial charge in [-0.1, -0.05) is 13.8 Å². The number of hydrogen-bond donors (Lipinski definition) is 2. The molecule has 2 aromatic heterocycles. The first-order chi connectivity index (χ1) is 13.3. The number of rotatable bonds is 6. The third-order valence-electron chi connectivity index (χ3n) is 4.04. The number of imidazole rings is 1. The van der Waals surface area contributed by atoms with Gasteiger partial charge in [0.1, 0.15) is 0 Å². The zero-order valence-electron chi connectivity index (χ0n) is 15.5. The molecular formula is C17H19N7O4. The van der Waals surface area contributed by atoms with E-state index in [1.807, 2.05) is 13.8 Å². The lowest BCUT2D eigenvalue weighted by molar-refractivity contribution is -0.384. The summed E-state index contributed by atoms with van der Waals surface area (Å²) in [6, 6.07) is 5.89. The molecule has 146 valence electrons. The van der Waals surface area contributed by atoms with E-state index in [2.05, 4.69) is 20.5 Å². The molecule has 11 nitrogen and oxygen atoms in total. The number of non-ortho nitro benzene ring substituents is 1. The lowest BCUT2D eigenvalue weighted by atomic mass is 10.2. The lowest BCUT2D eigenvalue weighted by Crippen LogP contribution is -2.29. The molecule has 11 heteroatoms. The second-order valence-corrected chi connectivity index (χ2v) is 6.65. The Morgan fingerprint density at radius 1 is 1.32 bits per heavy atom. The predicted molar refractivity (Wildman–Crippen MR) is 105 cm³/mol. The van der Waals surface area contributed by atoms with Gasteiger partial charge in [0.2, 0.25) is 5.95 Å². The fourth-order valence-corrected chi connectivity index (χ4v) is 2.71. The van der Waals surface area contributed by atoms with Gasteiger partial charge in [0.25, 0.3) is 11.2 Å². The van der Waals surface area contributed by atoms with Crippen LogP contribution in [0.25, 0.3) is 11.2 Å². The Morgan fingerprint density at radius 3 is 2.61 bits per heavy atom. The minimum atomic E-state index is -0.548. The number of anilines is 1. The van der Waals surface area contributed by atoms with Gasteiger partial charge >= 0.3 is 5.69 Å². The Kier molecular flexibility index (Phi) is 5.07. The maximum Gasteiger partial charge on any atom is 0.329 e. The van der Waals surface area contributed by atoms with E-state index in [-0.39, 0.29) is 22.8 Å². The number of nitro benzene ring substituents is 1. The molecule has 0 saturated heterocycles. The third kappa shape index (κ3) is 3.68. The first-order valence-corrected chi connectivity index (χ1v) is 8.51. The molecule has 0 radical (unpaired) electrons. The van der Waals surface area contributed by atoms with Crippen molar-refractivity contribution in [1.29, 1.82) is 0 Å². The van der Waals surface area contributed by atoms with Crippen LogP contribution in [0.3, 0.4) is 0 Å². The Morgan fingerprint density at radius 2 is 2.00 bits per heavy atom. The van der Waals surface area contributed by atoms with Crippen LogP contribution in [0.5, 0.6) is 0 Å². The highest BCUT2D eigenvalue weighted by Crippen LogP contribution is 2.17. The van der Waals surface area contributed by atoms with Crippen molar-refractivity contribution in [3.8, 4) is 0 Å². The zero-order chi connectivity index (χ0) is 20.4. The summed E-state index contributed by atoms with van der Waals surface area (Å²) in [5, 5.41) is 14.8. The average molecular weight is 385 g/mol. The fourth-order valence-electron chi connectivity index (χ4n) is 2.71. The van der Waals surface area contributed by atoms with E-state index in [0.29, 0.717) is 18.1 Å². The van der Waals surface area contributed by atoms with Crippen molar-refractivity contribution in [1.82, 2.24) is 19.1 Å². The lowest BCUT2D eigenvalue weighted by Gasteiger charge is -2.10. The van der Waals surface area contributed by atoms with Crippen LogP contribution >= 0.6 is 0 Å². The minimum absolute atomic E-state index is 0.0102. The first kappa shape index (κ1) is 19.0. The van der Waals surface area contributed by atoms with Crippen molar-refractivity contribution >= 4 is 29.0 Å². The highest BCUT2D eigenvalue weighted by atomic mass is 16.6. The Labute approximate surface area is 158 Å². The summed E-state index contributed by atoms with van der Waals surface area (Å²) in [5.74, 6) is 0.529. The number of benzene rings is 1. The summed E-state index contributed by atoms with van der Waals surface area (Å²) in [6.07, 6.45) is 1.48. The van der Waals surface area contributed by atoms with E-state index in [0.717, 1.165) is 0 Å². The summed E-state index contributed by atoms with van der Waals surface area (Å²) >= 11 is 0. The second-order valence-electron chi connectivity index (χ2n) is 6.65. The number of aromatic nitrogens is 4. The highest BCUT2D eigenvalue weighted by molar-refractivity contribution is 5.81. The van der Waals surface area contributed by atoms with Crippen LogP contribution in [0, 0.1) is 16.0 Å². The van der Waals surface area contributed by atoms with Crippen molar-refractivity contribution in [3.05, 3.63) is 60.8 Å². The number of nitro groups is 1. The maximum absolute atomic E-state index is 12.3. The van der Waals surface area contributed by atoms with E-state index in [4.69, 9.17) is 0 Å². The van der Waals surface area contributed by atoms with Gasteiger partial charge in [0, 0.05) is 25.7 Å². The van der Waals surface area contributed by atoms with Gasteiger partial charge in [-0.3, -0.25) is 24.5 Å². The molecule has 0 saturated carbocycles. The number of hydrazone groups is 1. The number of nitrogens with zero attached hydrogens (tertiary/aromatic N) is 5. The van der Waals surface area contributed by atoms with E-state index in [1.165, 1.54) is 30.0 Å². The predicted octanol–water partition coefficient (Wildman–Crippen LogP) is 1.43. The molecule has 0 unspecified atom stereocenters. The van der Waals surface area contributed by atoms with E-state index in [9.17, 15) is 19.7 Å². The Hall–Kier alpha value is -3.76. The van der Waals surface area contributed by atoms with Crippen LogP contribution < -0.4 is 16.7 Å². The number of fused-ring (bicyclic) bond motifs is 1. The van der Waals surface area contributed by atoms with Gasteiger partial charge in [0.15, 0.2) is 11.2 Å². The van der Waals surface area contributed by atoms with Gasteiger partial charge < -0.3 is 4.57 Å². The van der Waals surface area contributed by atoms with E-state index < -0.39 is 16.2 Å². The van der Waals surface area contributed by atoms with Gasteiger partial charge in [-0.15, -0.1) is 0 Å². The van der Waals surface area contributed by atoms with Crippen LogP contribution in [-0.2, 0) is 13.6 Å². The molecule has 3 rings (SSSR count). The average Bonchev–Trinajstić information content (AvgIpc) is 2.98. The molecule has 0 aliphatic heterocycles. The molecule has 2 N–H and O–H groups in total. The smallest absolute Gasteiger partial charge is 0.303 e. The molecule has 0 spiro atoms. The van der Waals surface area contributed by atoms with Gasteiger partial charge in [-0.2, -0.15) is 10.1 Å². The number of hydrogen-bond acceptors (Lipinski definition) is 7. The summed E-state index contributed by atoms with van der Waals surface area (Å²) in [5.41, 5.74) is 2.89. The molecule has 28 heavy (non-hydrogen) atoms. The SMILES string of the molecule is CC(C)Cn1c(N/N=C/c2ccc([N+](=O)[O-])cc2)nc2c1c(=O)[nH]c(=O)n2C. The summed E-state index contributed by atoms with van der Waals surface area (Å²) < 4.78 is 2.93. The normalized spacial score (nSPS) is 11.6. The van der Waals surface area contributed by atoms with Crippen LogP contribution in [0.1, 0.15) is 19.4 Å². The van der Waals surface area contributed by atoms with Crippen LogP contribution in [0.2, 0.25) is 0 Å². The highest BCUT2D eigenvalue weighted by Gasteiger charge is 2.17. The van der Waals surface area contributed by atoms with Crippen LogP contribution in [0.4, 0.5) is 11.6 Å². The summed E-state index contributed by atoms with van der Waals surface area (Å²) in [6.45, 7) is 4.48. The fraction of sp³-hybridized carbons (Fsp3) is 0.294. The Bertz CT molecular complexity index is 1170. The van der Waals surface area contributed by atoms with Crippen LogP contribution in [0.15, 0.2) is 39.0 Å². The third-order valence-corrected chi connectivity index (χ3v) is 4.04. The molecule has 0 fully saturated rings. The first-order valence-electron chi connectivity index (χ1n) is 8.51. The molecule has 0 bridgehead atoms. The standard InChI is InChI=1S/C17H19N7O4/c1-10(2)9-23-13-14(22(3)17(26)20-15(13)25)19-16(23)21-18-8-11-4-6-12(7-5-11)24(27)28/h4-8,10H,9H2,1-3H3,(H,19,21)(H,20,25,26)/b18-8+. The van der Waals surface area contributed by atoms with Crippen molar-refractivity contribution in [3.63, 3.8) is 0 Å². The van der Waals surface area contributed by atoms with Crippen LogP contribution in [-0.4, -0.2) is 30.2 Å². The van der Waals surface area contributed by atoms with Crippen molar-refractivity contribution in [2.75, 3.05) is 5.43 Å². The molecule has 0 aliphatic carbocycles. The van der Waals surface area contributed by atoms with Gasteiger partial charge in [0.05, 0.1) is 11.1 Å². The quantitative estimate of drug-likeness (QED) is 0.374. The number of aromatic amines is 1. The number of H-pyrrole nitrogens is 1. The van der Waals surface area contributed by atoms with Gasteiger partial charge in [-0.05, 0) is 23.6 Å². The molecule has 1 aromatic carbocycles.